The first-order chi connectivity index (χ1) is 8.75. The second kappa shape index (κ2) is 4.58. The third kappa shape index (κ3) is 2.24. The summed E-state index contributed by atoms with van der Waals surface area (Å²) in [7, 11) is -4.05. The van der Waals surface area contributed by atoms with E-state index in [1.165, 1.54) is 13.8 Å². The number of hydrogen-bond acceptors (Lipinski definition) is 6. The Kier molecular flexibility index (Phi) is 3.37. The largest absolute Gasteiger partial charge is 0.480 e. The lowest BCUT2D eigenvalue weighted by Gasteiger charge is -2.20. The third-order valence-corrected chi connectivity index (χ3v) is 5.17. The molecule has 0 bridgehead atoms. The van der Waals surface area contributed by atoms with Gasteiger partial charge >= 0.3 is 5.97 Å². The number of aliphatic hydroxyl groups is 1. The Morgan fingerprint density at radius 2 is 2.11 bits per heavy atom. The summed E-state index contributed by atoms with van der Waals surface area (Å²) < 4.78 is 30.5. The maximum Gasteiger partial charge on any atom is 0.322 e. The van der Waals surface area contributed by atoms with Crippen molar-refractivity contribution in [2.75, 3.05) is 6.54 Å². The number of β-amino-alcohol motifs (C(OH)–C–C–N with tert-alkyl or cyclic N) is 1. The van der Waals surface area contributed by atoms with Crippen molar-refractivity contribution in [2.45, 2.75) is 37.3 Å². The molecular formula is C10H14N2O6S. The molecule has 0 aromatic carbocycles. The molecule has 106 valence electrons. The first-order valence-electron chi connectivity index (χ1n) is 5.60. The Hall–Kier alpha value is -1.45. The monoisotopic (exact) mass is 290 g/mol. The zero-order valence-electron chi connectivity index (χ0n) is 10.4. The van der Waals surface area contributed by atoms with E-state index in [1.54, 1.807) is 0 Å². The molecule has 19 heavy (non-hydrogen) atoms. The number of hydrogen-bond donors (Lipinski definition) is 2. The van der Waals surface area contributed by atoms with Crippen LogP contribution in [0.4, 0.5) is 0 Å². The molecule has 0 spiro atoms. The van der Waals surface area contributed by atoms with Gasteiger partial charge in [-0.15, -0.1) is 0 Å². The lowest BCUT2D eigenvalue weighted by atomic mass is 10.2. The minimum absolute atomic E-state index is 0.100. The molecule has 0 amide bonds. The molecule has 0 saturated carbocycles. The molecule has 2 heterocycles. The summed E-state index contributed by atoms with van der Waals surface area (Å²) in [6.45, 7) is 2.66. The van der Waals surface area contributed by atoms with Gasteiger partial charge < -0.3 is 14.7 Å². The van der Waals surface area contributed by atoms with Gasteiger partial charge in [-0.2, -0.15) is 4.31 Å². The Bertz CT molecular complexity index is 588. The van der Waals surface area contributed by atoms with Crippen molar-refractivity contribution in [3.05, 3.63) is 11.5 Å². The molecule has 9 heteroatoms. The van der Waals surface area contributed by atoms with E-state index < -0.39 is 28.1 Å². The Balaban J connectivity index is 2.48. The normalized spacial score (nSPS) is 24.8. The van der Waals surface area contributed by atoms with E-state index in [4.69, 9.17) is 9.63 Å². The molecule has 1 aromatic heterocycles. The van der Waals surface area contributed by atoms with Gasteiger partial charge in [0.15, 0.2) is 5.76 Å². The Labute approximate surface area is 109 Å². The topological polar surface area (TPSA) is 121 Å². The lowest BCUT2D eigenvalue weighted by molar-refractivity contribution is -0.140. The zero-order chi connectivity index (χ0) is 14.4. The standard InChI is InChI=1S/C10H14N2O6S/c1-5-9(6(2)18-11-5)19(16,17)12-4-7(13)3-8(12)10(14)15/h7-8,13H,3-4H2,1-2H3,(H,14,15)/t7?,8-/m1/s1. The van der Waals surface area contributed by atoms with Gasteiger partial charge in [-0.1, -0.05) is 5.16 Å². The van der Waals surface area contributed by atoms with E-state index in [2.05, 4.69) is 5.16 Å². The predicted octanol–water partition coefficient (Wildman–Crippen LogP) is -0.500. The maximum absolute atomic E-state index is 12.4. The first kappa shape index (κ1) is 14.0. The van der Waals surface area contributed by atoms with Crippen molar-refractivity contribution in [2.24, 2.45) is 0 Å². The van der Waals surface area contributed by atoms with Crippen LogP contribution >= 0.6 is 0 Å². The molecule has 1 fully saturated rings. The highest BCUT2D eigenvalue weighted by atomic mass is 32.2. The molecule has 1 unspecified atom stereocenters. The number of sulfonamides is 1. The van der Waals surface area contributed by atoms with Crippen molar-refractivity contribution < 1.29 is 27.9 Å². The number of aryl methyl sites for hydroxylation is 2. The van der Waals surface area contributed by atoms with Crippen LogP contribution < -0.4 is 0 Å². The first-order valence-corrected chi connectivity index (χ1v) is 7.04. The summed E-state index contributed by atoms with van der Waals surface area (Å²) in [6.07, 6.45) is -1.12. The van der Waals surface area contributed by atoms with E-state index in [1.807, 2.05) is 0 Å². The summed E-state index contributed by atoms with van der Waals surface area (Å²) >= 11 is 0. The van der Waals surface area contributed by atoms with E-state index in [9.17, 15) is 18.3 Å². The van der Waals surface area contributed by atoms with Gasteiger partial charge in [-0.05, 0) is 13.8 Å². The fourth-order valence-electron chi connectivity index (χ4n) is 2.23. The Morgan fingerprint density at radius 3 is 2.58 bits per heavy atom. The maximum atomic E-state index is 12.4. The van der Waals surface area contributed by atoms with Crippen LogP contribution in [0.15, 0.2) is 9.42 Å². The fraction of sp³-hybridized carbons (Fsp3) is 0.600. The van der Waals surface area contributed by atoms with Gasteiger partial charge in [0, 0.05) is 13.0 Å². The molecule has 2 atom stereocenters. The van der Waals surface area contributed by atoms with Crippen LogP contribution in [0.1, 0.15) is 17.9 Å². The van der Waals surface area contributed by atoms with Crippen molar-refractivity contribution in [3.8, 4) is 0 Å². The molecule has 0 aliphatic carbocycles. The van der Waals surface area contributed by atoms with E-state index in [0.29, 0.717) is 0 Å². The Morgan fingerprint density at radius 1 is 1.47 bits per heavy atom. The van der Waals surface area contributed by atoms with E-state index in [-0.39, 0.29) is 29.3 Å². The van der Waals surface area contributed by atoms with Gasteiger partial charge in [-0.3, -0.25) is 4.79 Å². The molecule has 0 radical (unpaired) electrons. The van der Waals surface area contributed by atoms with Gasteiger partial charge in [0.1, 0.15) is 16.6 Å². The second-order valence-electron chi connectivity index (χ2n) is 4.47. The summed E-state index contributed by atoms with van der Waals surface area (Å²) in [5, 5.41) is 22.1. The van der Waals surface area contributed by atoms with Crippen LogP contribution in [0.5, 0.6) is 0 Å². The van der Waals surface area contributed by atoms with Crippen LogP contribution in [0.25, 0.3) is 0 Å². The van der Waals surface area contributed by atoms with Crippen molar-refractivity contribution in [1.29, 1.82) is 0 Å². The lowest BCUT2D eigenvalue weighted by Crippen LogP contribution is -2.40. The van der Waals surface area contributed by atoms with Gasteiger partial charge in [0.2, 0.25) is 10.0 Å². The van der Waals surface area contributed by atoms with Crippen LogP contribution in [-0.4, -0.2) is 52.8 Å². The molecule has 1 aliphatic heterocycles. The predicted molar refractivity (Wildman–Crippen MR) is 61.9 cm³/mol. The highest BCUT2D eigenvalue weighted by Gasteiger charge is 2.45. The zero-order valence-corrected chi connectivity index (χ0v) is 11.2. The van der Waals surface area contributed by atoms with Crippen LogP contribution in [0.2, 0.25) is 0 Å². The van der Waals surface area contributed by atoms with Crippen LogP contribution in [0.3, 0.4) is 0 Å². The third-order valence-electron chi connectivity index (χ3n) is 3.05. The number of carboxylic acid groups (broad SMARTS) is 1. The van der Waals surface area contributed by atoms with Gasteiger partial charge in [0.25, 0.3) is 0 Å². The number of carbonyl (C=O) groups is 1. The minimum Gasteiger partial charge on any atom is -0.480 e. The fourth-order valence-corrected chi connectivity index (χ4v) is 4.16. The number of aliphatic hydroxyl groups excluding tert-OH is 1. The highest BCUT2D eigenvalue weighted by Crippen LogP contribution is 2.29. The molecule has 2 N–H and O–H groups in total. The number of aliphatic carboxylic acids is 1. The molecule has 1 aromatic rings. The van der Waals surface area contributed by atoms with Crippen LogP contribution in [0, 0.1) is 13.8 Å². The van der Waals surface area contributed by atoms with E-state index in [0.717, 1.165) is 4.31 Å². The number of carboxylic acids is 1. The van der Waals surface area contributed by atoms with Crippen molar-refractivity contribution >= 4 is 16.0 Å². The number of nitrogens with zero attached hydrogens (tertiary/aromatic N) is 2. The molecule has 1 saturated heterocycles. The van der Waals surface area contributed by atoms with E-state index >= 15 is 0 Å². The summed E-state index contributed by atoms with van der Waals surface area (Å²) in [5.74, 6) is -1.19. The van der Waals surface area contributed by atoms with Crippen molar-refractivity contribution in [1.82, 2.24) is 9.46 Å². The molecular weight excluding hydrogens is 276 g/mol. The highest BCUT2D eigenvalue weighted by molar-refractivity contribution is 7.89. The molecule has 1 aliphatic rings. The average molecular weight is 290 g/mol. The molecule has 2 rings (SSSR count). The van der Waals surface area contributed by atoms with Crippen LogP contribution in [-0.2, 0) is 14.8 Å². The minimum atomic E-state index is -4.05. The number of rotatable bonds is 3. The summed E-state index contributed by atoms with van der Waals surface area (Å²) in [4.78, 5) is 11.0. The van der Waals surface area contributed by atoms with Gasteiger partial charge in [-0.25, -0.2) is 8.42 Å². The smallest absolute Gasteiger partial charge is 0.322 e. The SMILES string of the molecule is Cc1noc(C)c1S(=O)(=O)N1CC(O)C[C@@H]1C(=O)O. The average Bonchev–Trinajstić information content (AvgIpc) is 2.83. The summed E-state index contributed by atoms with van der Waals surface area (Å²) in [5.41, 5.74) is 0.169. The molecule has 8 nitrogen and oxygen atoms in total. The second-order valence-corrected chi connectivity index (χ2v) is 6.30. The quantitative estimate of drug-likeness (QED) is 0.769. The van der Waals surface area contributed by atoms with Gasteiger partial charge in [0.05, 0.1) is 6.10 Å². The van der Waals surface area contributed by atoms with Crippen molar-refractivity contribution in [3.63, 3.8) is 0 Å². The summed E-state index contributed by atoms with van der Waals surface area (Å²) in [6, 6.07) is -1.27. The number of aromatic nitrogens is 1.